The number of carbonyl (C=O) groups is 1. The fourth-order valence-electron chi connectivity index (χ4n) is 2.84. The number of nitrogens with zero attached hydrogens (tertiary/aromatic N) is 1. The molecule has 1 aliphatic carbocycles. The van der Waals surface area contributed by atoms with Gasteiger partial charge in [0, 0.05) is 17.9 Å². The number of para-hydroxylation sites is 1. The zero-order chi connectivity index (χ0) is 14.4. The van der Waals surface area contributed by atoms with Gasteiger partial charge in [0.15, 0.2) is 0 Å². The predicted octanol–water partition coefficient (Wildman–Crippen LogP) is 3.87. The van der Waals surface area contributed by atoms with Gasteiger partial charge in [-0.15, -0.1) is 0 Å². The lowest BCUT2D eigenvalue weighted by Crippen LogP contribution is -2.40. The molecule has 0 saturated heterocycles. The molecule has 0 spiro atoms. The number of halogens is 1. The molecule has 0 atom stereocenters. The van der Waals surface area contributed by atoms with E-state index in [1.807, 2.05) is 36.1 Å². The molecule has 4 heteroatoms. The zero-order valence-corrected chi connectivity index (χ0v) is 13.6. The average molecular weight is 340 g/mol. The van der Waals surface area contributed by atoms with E-state index in [2.05, 4.69) is 15.9 Å². The summed E-state index contributed by atoms with van der Waals surface area (Å²) in [5, 5.41) is 0.812. The van der Waals surface area contributed by atoms with E-state index in [9.17, 15) is 4.79 Å². The van der Waals surface area contributed by atoms with Crippen LogP contribution in [0, 0.1) is 0 Å². The van der Waals surface area contributed by atoms with Crippen molar-refractivity contribution in [3.63, 3.8) is 0 Å². The highest BCUT2D eigenvalue weighted by atomic mass is 79.9. The smallest absolute Gasteiger partial charge is 0.257 e. The van der Waals surface area contributed by atoms with Crippen LogP contribution in [0.4, 0.5) is 0 Å². The molecule has 0 aliphatic heterocycles. The minimum Gasteiger partial charge on any atom is -0.493 e. The lowest BCUT2D eigenvalue weighted by atomic mass is 10.1. The molecule has 0 bridgehead atoms. The molecule has 0 radical (unpaired) electrons. The van der Waals surface area contributed by atoms with E-state index < -0.39 is 0 Å². The van der Waals surface area contributed by atoms with Gasteiger partial charge in [0.25, 0.3) is 5.91 Å². The lowest BCUT2D eigenvalue weighted by Gasteiger charge is -2.29. The summed E-state index contributed by atoms with van der Waals surface area (Å²) in [5.41, 5.74) is 0.683. The Bertz CT molecular complexity index is 444. The molecule has 1 aromatic carbocycles. The van der Waals surface area contributed by atoms with E-state index in [1.165, 1.54) is 12.8 Å². The van der Waals surface area contributed by atoms with Crippen LogP contribution in [-0.2, 0) is 0 Å². The van der Waals surface area contributed by atoms with E-state index in [1.54, 1.807) is 0 Å². The van der Waals surface area contributed by atoms with Crippen LogP contribution < -0.4 is 4.74 Å². The van der Waals surface area contributed by atoms with Gasteiger partial charge in [-0.25, -0.2) is 0 Å². The van der Waals surface area contributed by atoms with Crippen LogP contribution in [0.2, 0.25) is 0 Å². The molecule has 20 heavy (non-hydrogen) atoms. The largest absolute Gasteiger partial charge is 0.493 e. The topological polar surface area (TPSA) is 29.5 Å². The third-order valence-corrected chi connectivity index (χ3v) is 4.12. The highest BCUT2D eigenvalue weighted by Crippen LogP contribution is 2.27. The number of carbonyl (C=O) groups excluding carboxylic acids is 1. The number of hydrogen-bond acceptors (Lipinski definition) is 2. The molecule has 0 aromatic heterocycles. The summed E-state index contributed by atoms with van der Waals surface area (Å²) in [7, 11) is 0. The van der Waals surface area contributed by atoms with Crippen molar-refractivity contribution >= 4 is 21.8 Å². The summed E-state index contributed by atoms with van der Waals surface area (Å²) in [5.74, 6) is 0.790. The van der Waals surface area contributed by atoms with Gasteiger partial charge in [0.2, 0.25) is 0 Å². The minimum atomic E-state index is 0.0976. The number of hydrogen-bond donors (Lipinski definition) is 0. The van der Waals surface area contributed by atoms with E-state index in [0.717, 1.165) is 24.7 Å². The van der Waals surface area contributed by atoms with Crippen LogP contribution in [-0.4, -0.2) is 35.3 Å². The predicted molar refractivity (Wildman–Crippen MR) is 84.7 cm³/mol. The van der Waals surface area contributed by atoms with Crippen molar-refractivity contribution in [1.82, 2.24) is 4.90 Å². The van der Waals surface area contributed by atoms with Crippen LogP contribution in [0.5, 0.6) is 5.75 Å². The summed E-state index contributed by atoms with van der Waals surface area (Å²) < 4.78 is 5.59. The molecule has 0 unspecified atom stereocenters. The molecule has 1 saturated carbocycles. The number of amides is 1. The normalized spacial score (nSPS) is 15.3. The first kappa shape index (κ1) is 15.4. The van der Waals surface area contributed by atoms with Crippen molar-refractivity contribution in [2.75, 3.05) is 18.5 Å². The van der Waals surface area contributed by atoms with Crippen molar-refractivity contribution in [2.45, 2.75) is 38.6 Å². The first-order valence-corrected chi connectivity index (χ1v) is 8.48. The van der Waals surface area contributed by atoms with Crippen LogP contribution >= 0.6 is 15.9 Å². The maximum atomic E-state index is 12.8. The maximum absolute atomic E-state index is 12.8. The SMILES string of the molecule is CCOc1ccccc1C(=O)N(CCBr)C1CCCC1. The van der Waals surface area contributed by atoms with Crippen molar-refractivity contribution in [3.05, 3.63) is 29.8 Å². The highest BCUT2D eigenvalue weighted by molar-refractivity contribution is 9.09. The molecular weight excluding hydrogens is 318 g/mol. The molecule has 3 nitrogen and oxygen atoms in total. The summed E-state index contributed by atoms with van der Waals surface area (Å²) >= 11 is 3.46. The number of benzene rings is 1. The Labute approximate surface area is 129 Å². The lowest BCUT2D eigenvalue weighted by molar-refractivity contribution is 0.0692. The van der Waals surface area contributed by atoms with Gasteiger partial charge in [-0.2, -0.15) is 0 Å². The second-order valence-corrected chi connectivity index (χ2v) is 5.85. The summed E-state index contributed by atoms with van der Waals surface area (Å²) in [6.07, 6.45) is 4.69. The quantitative estimate of drug-likeness (QED) is 0.736. The van der Waals surface area contributed by atoms with Crippen LogP contribution in [0.1, 0.15) is 43.0 Å². The minimum absolute atomic E-state index is 0.0976. The molecule has 1 aliphatic rings. The summed E-state index contributed by atoms with van der Waals surface area (Å²) in [6, 6.07) is 7.93. The van der Waals surface area contributed by atoms with Gasteiger partial charge >= 0.3 is 0 Å². The molecule has 2 rings (SSSR count). The number of rotatable bonds is 6. The second-order valence-electron chi connectivity index (χ2n) is 5.05. The molecule has 0 N–H and O–H groups in total. The molecule has 1 aromatic rings. The van der Waals surface area contributed by atoms with Crippen molar-refractivity contribution in [2.24, 2.45) is 0 Å². The average Bonchev–Trinajstić information content (AvgIpc) is 2.99. The fourth-order valence-corrected chi connectivity index (χ4v) is 3.22. The van der Waals surface area contributed by atoms with Crippen LogP contribution in [0.15, 0.2) is 24.3 Å². The first-order chi connectivity index (χ1) is 9.77. The van der Waals surface area contributed by atoms with Crippen molar-refractivity contribution < 1.29 is 9.53 Å². The molecule has 0 heterocycles. The van der Waals surface area contributed by atoms with Gasteiger partial charge in [0.05, 0.1) is 12.2 Å². The number of ether oxygens (including phenoxy) is 1. The Hall–Kier alpha value is -1.03. The maximum Gasteiger partial charge on any atom is 0.257 e. The Kier molecular flexibility index (Phi) is 5.89. The monoisotopic (exact) mass is 339 g/mol. The first-order valence-electron chi connectivity index (χ1n) is 7.36. The third-order valence-electron chi connectivity index (χ3n) is 3.77. The van der Waals surface area contributed by atoms with Crippen LogP contribution in [0.3, 0.4) is 0 Å². The van der Waals surface area contributed by atoms with E-state index >= 15 is 0 Å². The van der Waals surface area contributed by atoms with Crippen molar-refractivity contribution in [1.29, 1.82) is 0 Å². The second kappa shape index (κ2) is 7.67. The number of alkyl halides is 1. The molecule has 110 valence electrons. The Morgan fingerprint density at radius 2 is 2.05 bits per heavy atom. The van der Waals surface area contributed by atoms with E-state index in [4.69, 9.17) is 4.74 Å². The molecule has 1 amide bonds. The Morgan fingerprint density at radius 3 is 2.70 bits per heavy atom. The zero-order valence-electron chi connectivity index (χ0n) is 12.0. The van der Waals surface area contributed by atoms with Crippen molar-refractivity contribution in [3.8, 4) is 5.75 Å². The van der Waals surface area contributed by atoms with Gasteiger partial charge in [0.1, 0.15) is 5.75 Å². The fraction of sp³-hybridized carbons (Fsp3) is 0.562. The van der Waals surface area contributed by atoms with E-state index in [-0.39, 0.29) is 5.91 Å². The Balaban J connectivity index is 2.22. The summed E-state index contributed by atoms with van der Waals surface area (Å²) in [6.45, 7) is 3.27. The standard InChI is InChI=1S/C16H22BrNO2/c1-2-20-15-10-6-5-9-14(15)16(19)18(12-11-17)13-7-3-4-8-13/h5-6,9-10,13H,2-4,7-8,11-12H2,1H3. The van der Waals surface area contributed by atoms with Gasteiger partial charge in [-0.05, 0) is 31.9 Å². The van der Waals surface area contributed by atoms with Crippen LogP contribution in [0.25, 0.3) is 0 Å². The molecular formula is C16H22BrNO2. The van der Waals surface area contributed by atoms with E-state index in [0.29, 0.717) is 24.0 Å². The third kappa shape index (κ3) is 3.54. The van der Waals surface area contributed by atoms with Gasteiger partial charge in [-0.1, -0.05) is 40.9 Å². The Morgan fingerprint density at radius 1 is 1.35 bits per heavy atom. The van der Waals surface area contributed by atoms with Gasteiger partial charge < -0.3 is 9.64 Å². The highest BCUT2D eigenvalue weighted by Gasteiger charge is 2.28. The van der Waals surface area contributed by atoms with Gasteiger partial charge in [-0.3, -0.25) is 4.79 Å². The molecule has 1 fully saturated rings. The summed E-state index contributed by atoms with van der Waals surface area (Å²) in [4.78, 5) is 14.9.